The molecule has 0 aliphatic rings. The summed E-state index contributed by atoms with van der Waals surface area (Å²) in [6.45, 7) is 0. The number of para-hydroxylation sites is 2. The number of hydrogen-bond acceptors (Lipinski definition) is 2. The molecule has 0 radical (unpaired) electrons. The molecular weight excluding hydrogens is 450 g/mol. The first-order valence-corrected chi connectivity index (χ1v) is 12.5. The number of fused-ring (bicyclic) bond motifs is 7. The van der Waals surface area contributed by atoms with Gasteiger partial charge in [0.15, 0.2) is 0 Å². The highest BCUT2D eigenvalue weighted by Gasteiger charge is 2.18. The predicted molar refractivity (Wildman–Crippen MR) is 154 cm³/mol. The molecule has 0 bridgehead atoms. The summed E-state index contributed by atoms with van der Waals surface area (Å²) in [6.07, 6.45) is 0. The first-order valence-electron chi connectivity index (χ1n) is 12.5. The van der Waals surface area contributed by atoms with Gasteiger partial charge in [-0.1, -0.05) is 109 Å². The minimum atomic E-state index is 0.685. The van der Waals surface area contributed by atoms with Crippen molar-refractivity contribution in [1.82, 2.24) is 14.5 Å². The van der Waals surface area contributed by atoms with Gasteiger partial charge in [0.05, 0.1) is 22.2 Å². The summed E-state index contributed by atoms with van der Waals surface area (Å²) in [5.74, 6) is 0.685. The van der Waals surface area contributed by atoms with Gasteiger partial charge in [0.1, 0.15) is 0 Å². The molecule has 0 unspecified atom stereocenters. The van der Waals surface area contributed by atoms with Crippen LogP contribution in [0, 0.1) is 0 Å². The van der Waals surface area contributed by atoms with Crippen LogP contribution in [-0.2, 0) is 0 Å². The molecule has 0 saturated carbocycles. The zero-order valence-corrected chi connectivity index (χ0v) is 20.0. The van der Waals surface area contributed by atoms with Crippen molar-refractivity contribution in [3.8, 4) is 17.2 Å². The Morgan fingerprint density at radius 2 is 1.14 bits per heavy atom. The summed E-state index contributed by atoms with van der Waals surface area (Å²) in [5.41, 5.74) is 5.20. The zero-order valence-electron chi connectivity index (χ0n) is 20.0. The van der Waals surface area contributed by atoms with Crippen LogP contribution in [-0.4, -0.2) is 14.5 Å². The summed E-state index contributed by atoms with van der Waals surface area (Å²) in [5, 5.41) is 8.28. The molecule has 0 amide bonds. The van der Waals surface area contributed by atoms with Crippen LogP contribution in [0.4, 0.5) is 0 Å². The van der Waals surface area contributed by atoms with Crippen LogP contribution in [0.3, 0.4) is 0 Å². The fraction of sp³-hybridized carbons (Fsp3) is 0. The molecule has 0 saturated heterocycles. The summed E-state index contributed by atoms with van der Waals surface area (Å²) in [4.78, 5) is 10.4. The monoisotopic (exact) mass is 471 g/mol. The molecule has 0 fully saturated rings. The van der Waals surface area contributed by atoms with Gasteiger partial charge in [0.25, 0.3) is 0 Å². The van der Waals surface area contributed by atoms with Gasteiger partial charge < -0.3 is 0 Å². The molecule has 0 spiro atoms. The Morgan fingerprint density at radius 3 is 2.03 bits per heavy atom. The number of aromatic nitrogens is 3. The second kappa shape index (κ2) is 7.74. The number of rotatable bonds is 2. The van der Waals surface area contributed by atoms with Gasteiger partial charge in [-0.25, -0.2) is 9.97 Å². The molecule has 8 rings (SSSR count). The van der Waals surface area contributed by atoms with Crippen molar-refractivity contribution in [1.29, 1.82) is 0 Å². The van der Waals surface area contributed by atoms with Gasteiger partial charge in [-0.15, -0.1) is 0 Å². The highest BCUT2D eigenvalue weighted by Crippen LogP contribution is 2.37. The second-order valence-corrected chi connectivity index (χ2v) is 9.49. The first-order chi connectivity index (χ1) is 18.3. The van der Waals surface area contributed by atoms with Crippen molar-refractivity contribution in [3.05, 3.63) is 127 Å². The van der Waals surface area contributed by atoms with E-state index in [2.05, 4.69) is 126 Å². The lowest BCUT2D eigenvalue weighted by molar-refractivity contribution is 1.02. The fourth-order valence-corrected chi connectivity index (χ4v) is 5.66. The molecule has 37 heavy (non-hydrogen) atoms. The SMILES string of the molecule is c1ccc2cc(-c3nc(-n4c5ccccc5c5ccc6ccccc6c54)nc4ccccc34)ccc2c1. The topological polar surface area (TPSA) is 30.7 Å². The average Bonchev–Trinajstić information content (AvgIpc) is 3.31. The van der Waals surface area contributed by atoms with Gasteiger partial charge in [-0.05, 0) is 34.4 Å². The largest absolute Gasteiger partial charge is 0.277 e. The minimum absolute atomic E-state index is 0.685. The van der Waals surface area contributed by atoms with Crippen molar-refractivity contribution in [2.75, 3.05) is 0 Å². The average molecular weight is 472 g/mol. The predicted octanol–water partition coefficient (Wildman–Crippen LogP) is 8.70. The number of nitrogens with zero attached hydrogens (tertiary/aromatic N) is 3. The van der Waals surface area contributed by atoms with Gasteiger partial charge in [-0.3, -0.25) is 4.57 Å². The van der Waals surface area contributed by atoms with Crippen molar-refractivity contribution < 1.29 is 0 Å². The van der Waals surface area contributed by atoms with Crippen molar-refractivity contribution in [3.63, 3.8) is 0 Å². The van der Waals surface area contributed by atoms with E-state index < -0.39 is 0 Å². The Kier molecular flexibility index (Phi) is 4.23. The third kappa shape index (κ3) is 3.01. The Balaban J connectivity index is 1.51. The first kappa shape index (κ1) is 20.2. The van der Waals surface area contributed by atoms with E-state index in [9.17, 15) is 0 Å². The van der Waals surface area contributed by atoms with E-state index in [4.69, 9.17) is 9.97 Å². The van der Waals surface area contributed by atoms with Gasteiger partial charge in [-0.2, -0.15) is 0 Å². The molecule has 2 heterocycles. The highest BCUT2D eigenvalue weighted by molar-refractivity contribution is 6.18. The Morgan fingerprint density at radius 1 is 0.459 bits per heavy atom. The van der Waals surface area contributed by atoms with Crippen LogP contribution < -0.4 is 0 Å². The van der Waals surface area contributed by atoms with Crippen molar-refractivity contribution >= 4 is 54.3 Å². The minimum Gasteiger partial charge on any atom is -0.277 e. The van der Waals surface area contributed by atoms with E-state index in [1.165, 1.54) is 32.3 Å². The zero-order chi connectivity index (χ0) is 24.3. The fourth-order valence-electron chi connectivity index (χ4n) is 5.66. The molecule has 3 nitrogen and oxygen atoms in total. The van der Waals surface area contributed by atoms with Crippen LogP contribution in [0.2, 0.25) is 0 Å². The van der Waals surface area contributed by atoms with Crippen LogP contribution in [0.5, 0.6) is 0 Å². The van der Waals surface area contributed by atoms with E-state index in [1.54, 1.807) is 0 Å². The maximum Gasteiger partial charge on any atom is 0.235 e. The van der Waals surface area contributed by atoms with Crippen molar-refractivity contribution in [2.24, 2.45) is 0 Å². The number of hydrogen-bond donors (Lipinski definition) is 0. The molecule has 172 valence electrons. The highest BCUT2D eigenvalue weighted by atomic mass is 15.2. The maximum atomic E-state index is 5.28. The van der Waals surface area contributed by atoms with Crippen LogP contribution in [0.25, 0.3) is 71.5 Å². The second-order valence-electron chi connectivity index (χ2n) is 9.49. The summed E-state index contributed by atoms with van der Waals surface area (Å²) < 4.78 is 2.24. The molecule has 3 heteroatoms. The van der Waals surface area contributed by atoms with E-state index >= 15 is 0 Å². The molecule has 0 atom stereocenters. The molecule has 6 aromatic carbocycles. The van der Waals surface area contributed by atoms with Gasteiger partial charge in [0, 0.05) is 27.1 Å². The Hall–Kier alpha value is -5.02. The number of benzene rings is 6. The third-order valence-electron chi connectivity index (χ3n) is 7.37. The lowest BCUT2D eigenvalue weighted by Gasteiger charge is -2.13. The molecule has 0 N–H and O–H groups in total. The van der Waals surface area contributed by atoms with Crippen LogP contribution >= 0.6 is 0 Å². The quantitative estimate of drug-likeness (QED) is 0.252. The summed E-state index contributed by atoms with van der Waals surface area (Å²) >= 11 is 0. The standard InChI is InChI=1S/C34H21N3/c1-2-11-24-21-25(18-17-22(24)9-1)32-29-14-5-7-15-30(29)35-34(36-32)37-31-16-8-6-13-27(31)28-20-19-23-10-3-4-12-26(23)33(28)37/h1-21H. The van der Waals surface area contributed by atoms with E-state index in [0.717, 1.165) is 33.2 Å². The van der Waals surface area contributed by atoms with E-state index in [0.29, 0.717) is 5.95 Å². The Bertz CT molecular complexity index is 2150. The van der Waals surface area contributed by atoms with E-state index in [-0.39, 0.29) is 0 Å². The maximum absolute atomic E-state index is 5.28. The molecule has 2 aromatic heterocycles. The molecule has 0 aliphatic heterocycles. The van der Waals surface area contributed by atoms with Gasteiger partial charge >= 0.3 is 0 Å². The summed E-state index contributed by atoms with van der Waals surface area (Å²) in [7, 11) is 0. The molecule has 0 aliphatic carbocycles. The lowest BCUT2D eigenvalue weighted by atomic mass is 10.0. The third-order valence-corrected chi connectivity index (χ3v) is 7.37. The van der Waals surface area contributed by atoms with Crippen LogP contribution in [0.15, 0.2) is 127 Å². The Labute approximate surface area is 213 Å². The molecular formula is C34H21N3. The lowest BCUT2D eigenvalue weighted by Crippen LogP contribution is -2.03. The van der Waals surface area contributed by atoms with Gasteiger partial charge in [0.2, 0.25) is 5.95 Å². The van der Waals surface area contributed by atoms with Crippen LogP contribution in [0.1, 0.15) is 0 Å². The summed E-state index contributed by atoms with van der Waals surface area (Å²) in [6, 6.07) is 44.9. The normalized spacial score (nSPS) is 11.8. The molecule has 8 aromatic rings. The smallest absolute Gasteiger partial charge is 0.235 e. The van der Waals surface area contributed by atoms with E-state index in [1.807, 2.05) is 6.07 Å². The van der Waals surface area contributed by atoms with Crippen molar-refractivity contribution in [2.45, 2.75) is 0 Å².